The molecule has 12 heteroatoms. The highest BCUT2D eigenvalue weighted by atomic mass is 35.5. The van der Waals surface area contributed by atoms with Crippen molar-refractivity contribution in [2.75, 3.05) is 24.2 Å². The van der Waals surface area contributed by atoms with Crippen LogP contribution in [0.1, 0.15) is 23.2 Å². The Labute approximate surface area is 226 Å². The summed E-state index contributed by atoms with van der Waals surface area (Å²) in [5, 5.41) is 18.6. The number of piperidine rings is 1. The number of fused-ring (bicyclic) bond motifs is 1. The van der Waals surface area contributed by atoms with Crippen LogP contribution in [0.15, 0.2) is 59.6 Å². The summed E-state index contributed by atoms with van der Waals surface area (Å²) < 4.78 is 26.1. The molecule has 1 N–H and O–H groups in total. The largest absolute Gasteiger partial charge is 0.354 e. The van der Waals surface area contributed by atoms with E-state index in [0.717, 1.165) is 34.2 Å². The van der Waals surface area contributed by atoms with Gasteiger partial charge in [0.2, 0.25) is 0 Å². The molecule has 1 aliphatic rings. The van der Waals surface area contributed by atoms with Crippen molar-refractivity contribution in [1.82, 2.24) is 25.3 Å². The summed E-state index contributed by atoms with van der Waals surface area (Å²) in [6, 6.07) is 14.2. The molecule has 2 aromatic heterocycles. The zero-order valence-electron chi connectivity index (χ0n) is 20.3. The zero-order chi connectivity index (χ0) is 25.4. The first-order valence-electron chi connectivity index (χ1n) is 11.5. The van der Waals surface area contributed by atoms with Gasteiger partial charge in [-0.25, -0.2) is 8.42 Å². The first-order valence-corrected chi connectivity index (χ1v) is 13.8. The van der Waals surface area contributed by atoms with Gasteiger partial charge >= 0.3 is 0 Å². The van der Waals surface area contributed by atoms with E-state index < -0.39 is 15.7 Å². The predicted molar refractivity (Wildman–Crippen MR) is 146 cm³/mol. The number of hydrogen-bond donors (Lipinski definition) is 1. The molecule has 0 atom stereocenters. The van der Waals surface area contributed by atoms with Gasteiger partial charge in [0.25, 0.3) is 5.91 Å². The summed E-state index contributed by atoms with van der Waals surface area (Å²) in [4.78, 5) is 15.0. The molecular weight excluding hydrogens is 535 g/mol. The number of aromatic nitrogens is 4. The van der Waals surface area contributed by atoms with Gasteiger partial charge in [-0.2, -0.15) is 5.10 Å². The Hall–Kier alpha value is -3.21. The lowest BCUT2D eigenvalue weighted by Gasteiger charge is -2.33. The van der Waals surface area contributed by atoms with Gasteiger partial charge in [-0.15, -0.1) is 22.6 Å². The van der Waals surface area contributed by atoms with Gasteiger partial charge in [-0.05, 0) is 37.1 Å². The molecular formula is C25H26Cl2N6O3S. The molecule has 1 fully saturated rings. The number of nitrogens with one attached hydrogen (secondary N) is 1. The number of benzene rings is 2. The number of hydrogen-bond acceptors (Lipinski definition) is 7. The first-order chi connectivity index (χ1) is 17.2. The molecule has 1 aliphatic heterocycles. The first kappa shape index (κ1) is 26.8. The van der Waals surface area contributed by atoms with E-state index in [-0.39, 0.29) is 33.9 Å². The topological polar surface area (TPSA) is 110 Å². The summed E-state index contributed by atoms with van der Waals surface area (Å²) in [7, 11) is -1.73. The van der Waals surface area contributed by atoms with Gasteiger partial charge in [0.15, 0.2) is 15.7 Å². The van der Waals surface area contributed by atoms with E-state index in [2.05, 4.69) is 25.5 Å². The Morgan fingerprint density at radius 1 is 1.05 bits per heavy atom. The number of amides is 1. The number of rotatable bonds is 5. The number of halogens is 2. The third-order valence-electron chi connectivity index (χ3n) is 6.45. The van der Waals surface area contributed by atoms with E-state index in [9.17, 15) is 13.2 Å². The molecule has 0 bridgehead atoms. The highest BCUT2D eigenvalue weighted by Gasteiger charge is 2.26. The summed E-state index contributed by atoms with van der Waals surface area (Å²) in [6.07, 6.45) is 4.18. The summed E-state index contributed by atoms with van der Waals surface area (Å²) in [6.45, 7) is 1.35. The Morgan fingerprint density at radius 2 is 1.76 bits per heavy atom. The van der Waals surface area contributed by atoms with Crippen molar-refractivity contribution < 1.29 is 13.2 Å². The Balaban J connectivity index is 0.00000320. The van der Waals surface area contributed by atoms with Crippen LogP contribution < -0.4 is 10.2 Å². The molecule has 2 aromatic carbocycles. The molecule has 0 radical (unpaired) electrons. The Kier molecular flexibility index (Phi) is 7.72. The lowest BCUT2D eigenvalue weighted by atomic mass is 10.0. The minimum atomic E-state index is -3.60. The maximum atomic E-state index is 12.9. The highest BCUT2D eigenvalue weighted by molar-refractivity contribution is 7.90. The van der Waals surface area contributed by atoms with Crippen molar-refractivity contribution in [2.24, 2.45) is 7.05 Å². The lowest BCUT2D eigenvalue weighted by molar-refractivity contribution is 0.0927. The second-order valence-electron chi connectivity index (χ2n) is 8.91. The van der Waals surface area contributed by atoms with Crippen molar-refractivity contribution in [1.29, 1.82) is 0 Å². The number of carbonyl (C=O) groups is 1. The van der Waals surface area contributed by atoms with Gasteiger partial charge in [0.05, 0.1) is 16.2 Å². The summed E-state index contributed by atoms with van der Waals surface area (Å²) >= 11 is 5.96. The average molecular weight is 561 g/mol. The maximum absolute atomic E-state index is 12.9. The smallest absolute Gasteiger partial charge is 0.252 e. The Bertz CT molecular complexity index is 1570. The summed E-state index contributed by atoms with van der Waals surface area (Å²) in [5.74, 6) is 0.384. The SMILES string of the molecule is Cl.Cn1nccc1-c1nnc(N2CCC(NC(=O)c3ccc(Cl)cc3S(C)(=O)=O)CC2)c2ccccc12. The molecule has 37 heavy (non-hydrogen) atoms. The molecule has 3 heterocycles. The minimum Gasteiger partial charge on any atom is -0.354 e. The van der Waals surface area contributed by atoms with Gasteiger partial charge in [-0.3, -0.25) is 9.48 Å². The average Bonchev–Trinajstić information content (AvgIpc) is 3.29. The van der Waals surface area contributed by atoms with E-state index in [1.54, 1.807) is 10.9 Å². The number of aryl methyl sites for hydroxylation is 1. The molecule has 1 amide bonds. The molecule has 0 aliphatic carbocycles. The molecule has 4 aromatic rings. The quantitative estimate of drug-likeness (QED) is 0.394. The molecule has 0 unspecified atom stereocenters. The van der Waals surface area contributed by atoms with E-state index in [0.29, 0.717) is 25.9 Å². The number of nitrogens with zero attached hydrogens (tertiary/aromatic N) is 5. The van der Waals surface area contributed by atoms with Crippen LogP contribution in [0.2, 0.25) is 5.02 Å². The predicted octanol–water partition coefficient (Wildman–Crippen LogP) is 3.91. The molecule has 1 saturated heterocycles. The van der Waals surface area contributed by atoms with Crippen LogP contribution in [0.3, 0.4) is 0 Å². The lowest BCUT2D eigenvalue weighted by Crippen LogP contribution is -2.45. The van der Waals surface area contributed by atoms with Crippen LogP contribution >= 0.6 is 24.0 Å². The van der Waals surface area contributed by atoms with E-state index in [1.165, 1.54) is 18.2 Å². The van der Waals surface area contributed by atoms with Crippen LogP contribution in [0.4, 0.5) is 5.82 Å². The van der Waals surface area contributed by atoms with Gasteiger partial charge < -0.3 is 10.2 Å². The monoisotopic (exact) mass is 560 g/mol. The minimum absolute atomic E-state index is 0. The Morgan fingerprint density at radius 3 is 2.41 bits per heavy atom. The zero-order valence-corrected chi connectivity index (χ0v) is 22.6. The molecule has 0 saturated carbocycles. The van der Waals surface area contributed by atoms with Gasteiger partial charge in [-0.1, -0.05) is 35.9 Å². The normalized spacial score (nSPS) is 14.4. The third kappa shape index (κ3) is 5.41. The fourth-order valence-electron chi connectivity index (χ4n) is 4.61. The second-order valence-corrected chi connectivity index (χ2v) is 11.3. The highest BCUT2D eigenvalue weighted by Crippen LogP contribution is 2.32. The van der Waals surface area contributed by atoms with E-state index in [4.69, 9.17) is 11.6 Å². The van der Waals surface area contributed by atoms with E-state index in [1.807, 2.05) is 37.4 Å². The summed E-state index contributed by atoms with van der Waals surface area (Å²) in [5.41, 5.74) is 1.77. The third-order valence-corrected chi connectivity index (χ3v) is 7.82. The van der Waals surface area contributed by atoms with Gasteiger partial charge in [0, 0.05) is 54.4 Å². The fraction of sp³-hybridized carbons (Fsp3) is 0.280. The second kappa shape index (κ2) is 10.6. The molecule has 5 rings (SSSR count). The number of sulfone groups is 1. The van der Waals surface area contributed by atoms with Crippen molar-refractivity contribution in [2.45, 2.75) is 23.8 Å². The fourth-order valence-corrected chi connectivity index (χ4v) is 5.75. The standard InChI is InChI=1S/C25H25ClN6O3S.ClH/c1-31-21(9-12-27-31)23-18-5-3-4-6-19(18)24(30-29-23)32-13-10-17(11-14-32)28-25(33)20-8-7-16(26)15-22(20)36(2,34)35;/h3-9,12,15,17H,10-11,13-14H2,1-2H3,(H,28,33);1H. The molecule has 194 valence electrons. The molecule has 9 nitrogen and oxygen atoms in total. The van der Waals surface area contributed by atoms with Crippen LogP contribution in [0, 0.1) is 0 Å². The molecule has 0 spiro atoms. The number of anilines is 1. The van der Waals surface area contributed by atoms with Crippen LogP contribution in [0.25, 0.3) is 22.2 Å². The maximum Gasteiger partial charge on any atom is 0.252 e. The van der Waals surface area contributed by atoms with E-state index >= 15 is 0 Å². The van der Waals surface area contributed by atoms with Gasteiger partial charge in [0.1, 0.15) is 5.69 Å². The van der Waals surface area contributed by atoms with Crippen molar-refractivity contribution in [3.05, 3.63) is 65.3 Å². The van der Waals surface area contributed by atoms with Crippen molar-refractivity contribution in [3.8, 4) is 11.4 Å². The van der Waals surface area contributed by atoms with Crippen LogP contribution in [-0.4, -0.2) is 59.7 Å². The van der Waals surface area contributed by atoms with Crippen LogP contribution in [0.5, 0.6) is 0 Å². The van der Waals surface area contributed by atoms with Crippen molar-refractivity contribution >= 4 is 56.3 Å². The van der Waals surface area contributed by atoms with Crippen LogP contribution in [-0.2, 0) is 16.9 Å². The number of carbonyl (C=O) groups excluding carboxylic acids is 1. The van der Waals surface area contributed by atoms with Crippen molar-refractivity contribution in [3.63, 3.8) is 0 Å².